The summed E-state index contributed by atoms with van der Waals surface area (Å²) in [7, 11) is 0. The maximum Gasteiger partial charge on any atom is 0.220 e. The molecular formula is C11H15NO2. The van der Waals surface area contributed by atoms with E-state index in [2.05, 4.69) is 11.9 Å². The molecule has 0 fully saturated rings. The Hall–Kier alpha value is -1.51. The summed E-state index contributed by atoms with van der Waals surface area (Å²) in [5.74, 6) is 0.0772. The molecule has 0 unspecified atom stereocenters. The molecule has 0 aliphatic rings. The van der Waals surface area contributed by atoms with Crippen molar-refractivity contribution >= 4 is 5.91 Å². The third-order valence-electron chi connectivity index (χ3n) is 1.89. The van der Waals surface area contributed by atoms with E-state index in [1.54, 1.807) is 18.6 Å². The SMILES string of the molecule is C=CCCC(=O)NCCc1ccoc1. The van der Waals surface area contributed by atoms with Crippen molar-refractivity contribution in [1.29, 1.82) is 0 Å². The zero-order chi connectivity index (χ0) is 10.2. The van der Waals surface area contributed by atoms with E-state index < -0.39 is 0 Å². The molecule has 0 saturated heterocycles. The van der Waals surface area contributed by atoms with Gasteiger partial charge >= 0.3 is 0 Å². The molecular weight excluding hydrogens is 178 g/mol. The molecule has 0 spiro atoms. The van der Waals surface area contributed by atoms with Gasteiger partial charge in [-0.15, -0.1) is 6.58 Å². The number of carbonyl (C=O) groups is 1. The first-order valence-electron chi connectivity index (χ1n) is 4.71. The predicted molar refractivity (Wildman–Crippen MR) is 54.9 cm³/mol. The van der Waals surface area contributed by atoms with Gasteiger partial charge in [0, 0.05) is 13.0 Å². The maximum atomic E-state index is 11.1. The van der Waals surface area contributed by atoms with Gasteiger partial charge < -0.3 is 9.73 Å². The van der Waals surface area contributed by atoms with E-state index in [4.69, 9.17) is 4.42 Å². The van der Waals surface area contributed by atoms with E-state index in [1.165, 1.54) is 0 Å². The van der Waals surface area contributed by atoms with Gasteiger partial charge in [0.2, 0.25) is 5.91 Å². The lowest BCUT2D eigenvalue weighted by Gasteiger charge is -2.01. The van der Waals surface area contributed by atoms with Crippen LogP contribution in [0.4, 0.5) is 0 Å². The molecule has 1 aromatic rings. The second-order valence-electron chi connectivity index (χ2n) is 3.06. The van der Waals surface area contributed by atoms with Crippen molar-refractivity contribution in [2.45, 2.75) is 19.3 Å². The third kappa shape index (κ3) is 3.94. The van der Waals surface area contributed by atoms with Gasteiger partial charge in [0.25, 0.3) is 0 Å². The Kier molecular flexibility index (Phi) is 4.55. The van der Waals surface area contributed by atoms with Crippen LogP contribution in [0, 0.1) is 0 Å². The van der Waals surface area contributed by atoms with E-state index in [9.17, 15) is 4.79 Å². The van der Waals surface area contributed by atoms with Gasteiger partial charge in [0.1, 0.15) is 0 Å². The summed E-state index contributed by atoms with van der Waals surface area (Å²) in [6.45, 7) is 4.22. The number of hydrogen-bond acceptors (Lipinski definition) is 2. The monoisotopic (exact) mass is 193 g/mol. The number of nitrogens with one attached hydrogen (secondary N) is 1. The second-order valence-corrected chi connectivity index (χ2v) is 3.06. The smallest absolute Gasteiger partial charge is 0.220 e. The average Bonchev–Trinajstić information content (AvgIpc) is 2.67. The Morgan fingerprint density at radius 2 is 2.50 bits per heavy atom. The Morgan fingerprint density at radius 1 is 1.64 bits per heavy atom. The Labute approximate surface area is 83.8 Å². The van der Waals surface area contributed by atoms with Crippen LogP contribution in [0.2, 0.25) is 0 Å². The number of hydrogen-bond donors (Lipinski definition) is 1. The van der Waals surface area contributed by atoms with Gasteiger partial charge in [0.05, 0.1) is 12.5 Å². The Morgan fingerprint density at radius 3 is 3.14 bits per heavy atom. The standard InChI is InChI=1S/C11H15NO2/c1-2-3-4-11(13)12-7-5-10-6-8-14-9-10/h2,6,8-9H,1,3-5,7H2,(H,12,13). The Bertz CT molecular complexity index is 277. The van der Waals surface area contributed by atoms with Gasteiger partial charge in [-0.2, -0.15) is 0 Å². The number of carbonyl (C=O) groups excluding carboxylic acids is 1. The molecule has 0 saturated carbocycles. The summed E-state index contributed by atoms with van der Waals surface area (Å²) >= 11 is 0. The molecule has 0 aliphatic carbocycles. The maximum absolute atomic E-state index is 11.1. The van der Waals surface area contributed by atoms with Crippen LogP contribution in [0.3, 0.4) is 0 Å². The lowest BCUT2D eigenvalue weighted by Crippen LogP contribution is -2.25. The molecule has 14 heavy (non-hydrogen) atoms. The fourth-order valence-corrected chi connectivity index (χ4v) is 1.10. The molecule has 0 aromatic carbocycles. The highest BCUT2D eigenvalue weighted by Crippen LogP contribution is 1.99. The molecule has 3 heteroatoms. The molecule has 76 valence electrons. The van der Waals surface area contributed by atoms with Crippen molar-refractivity contribution in [2.75, 3.05) is 6.54 Å². The molecule has 0 atom stereocenters. The highest BCUT2D eigenvalue weighted by Gasteiger charge is 1.99. The Balaban J connectivity index is 2.09. The van der Waals surface area contributed by atoms with Crippen molar-refractivity contribution in [3.05, 3.63) is 36.8 Å². The quantitative estimate of drug-likeness (QED) is 0.701. The van der Waals surface area contributed by atoms with Crippen LogP contribution >= 0.6 is 0 Å². The van der Waals surface area contributed by atoms with Crippen molar-refractivity contribution in [2.24, 2.45) is 0 Å². The summed E-state index contributed by atoms with van der Waals surface area (Å²) in [5, 5.41) is 2.83. The van der Waals surface area contributed by atoms with E-state index in [0.717, 1.165) is 18.4 Å². The third-order valence-corrected chi connectivity index (χ3v) is 1.89. The van der Waals surface area contributed by atoms with Crippen molar-refractivity contribution < 1.29 is 9.21 Å². The van der Waals surface area contributed by atoms with E-state index in [1.807, 2.05) is 6.07 Å². The average molecular weight is 193 g/mol. The van der Waals surface area contributed by atoms with Crippen molar-refractivity contribution in [3.8, 4) is 0 Å². The van der Waals surface area contributed by atoms with E-state index in [-0.39, 0.29) is 5.91 Å². The zero-order valence-corrected chi connectivity index (χ0v) is 8.16. The predicted octanol–water partition coefficient (Wildman–Crippen LogP) is 1.90. The minimum absolute atomic E-state index is 0.0772. The molecule has 0 aliphatic heterocycles. The molecule has 1 rings (SSSR count). The first-order chi connectivity index (χ1) is 6.83. The van der Waals surface area contributed by atoms with Gasteiger partial charge in [-0.25, -0.2) is 0 Å². The van der Waals surface area contributed by atoms with Crippen LogP contribution in [-0.4, -0.2) is 12.5 Å². The highest BCUT2D eigenvalue weighted by atomic mass is 16.3. The van der Waals surface area contributed by atoms with Gasteiger partial charge in [-0.3, -0.25) is 4.79 Å². The van der Waals surface area contributed by atoms with Crippen LogP contribution in [0.25, 0.3) is 0 Å². The van der Waals surface area contributed by atoms with Crippen LogP contribution in [0.1, 0.15) is 18.4 Å². The molecule has 1 amide bonds. The van der Waals surface area contributed by atoms with Crippen molar-refractivity contribution in [1.82, 2.24) is 5.32 Å². The molecule has 1 heterocycles. The molecule has 1 aromatic heterocycles. The fourth-order valence-electron chi connectivity index (χ4n) is 1.10. The lowest BCUT2D eigenvalue weighted by atomic mass is 10.2. The largest absolute Gasteiger partial charge is 0.472 e. The van der Waals surface area contributed by atoms with E-state index in [0.29, 0.717) is 13.0 Å². The minimum Gasteiger partial charge on any atom is -0.472 e. The second kappa shape index (κ2) is 6.02. The zero-order valence-electron chi connectivity index (χ0n) is 8.16. The van der Waals surface area contributed by atoms with Crippen LogP contribution in [0.15, 0.2) is 35.7 Å². The molecule has 0 radical (unpaired) electrons. The van der Waals surface area contributed by atoms with Crippen molar-refractivity contribution in [3.63, 3.8) is 0 Å². The number of amides is 1. The number of furan rings is 1. The van der Waals surface area contributed by atoms with Gasteiger partial charge in [0.15, 0.2) is 0 Å². The van der Waals surface area contributed by atoms with E-state index >= 15 is 0 Å². The summed E-state index contributed by atoms with van der Waals surface area (Å²) in [6, 6.07) is 1.90. The summed E-state index contributed by atoms with van der Waals surface area (Å²) < 4.78 is 4.91. The molecule has 1 N–H and O–H groups in total. The minimum atomic E-state index is 0.0772. The molecule has 3 nitrogen and oxygen atoms in total. The highest BCUT2D eigenvalue weighted by molar-refractivity contribution is 5.75. The number of allylic oxidation sites excluding steroid dienone is 1. The summed E-state index contributed by atoms with van der Waals surface area (Å²) in [4.78, 5) is 11.1. The van der Waals surface area contributed by atoms with Crippen LogP contribution < -0.4 is 5.32 Å². The van der Waals surface area contributed by atoms with Gasteiger partial charge in [-0.1, -0.05) is 6.08 Å². The van der Waals surface area contributed by atoms with Gasteiger partial charge in [-0.05, 0) is 24.5 Å². The molecule has 0 bridgehead atoms. The normalized spacial score (nSPS) is 9.71. The van der Waals surface area contributed by atoms with Crippen LogP contribution in [-0.2, 0) is 11.2 Å². The fraction of sp³-hybridized carbons (Fsp3) is 0.364. The first-order valence-corrected chi connectivity index (χ1v) is 4.71. The summed E-state index contributed by atoms with van der Waals surface area (Å²) in [5.41, 5.74) is 1.11. The number of rotatable bonds is 6. The summed E-state index contributed by atoms with van der Waals surface area (Å²) in [6.07, 6.45) is 7.14. The first kappa shape index (κ1) is 10.6. The lowest BCUT2D eigenvalue weighted by molar-refractivity contribution is -0.120. The van der Waals surface area contributed by atoms with Crippen LogP contribution in [0.5, 0.6) is 0 Å². The topological polar surface area (TPSA) is 42.2 Å².